The van der Waals surface area contributed by atoms with E-state index in [9.17, 15) is 9.59 Å². The summed E-state index contributed by atoms with van der Waals surface area (Å²) in [6.45, 7) is -0.0311. The first-order chi connectivity index (χ1) is 7.61. The monoisotopic (exact) mass is 223 g/mol. The van der Waals surface area contributed by atoms with Gasteiger partial charge in [-0.05, 0) is 11.6 Å². The van der Waals surface area contributed by atoms with Crippen LogP contribution in [0.2, 0.25) is 0 Å². The average Bonchev–Trinajstić information content (AvgIpc) is 2.30. The largest absolute Gasteiger partial charge is 0.366 e. The van der Waals surface area contributed by atoms with Gasteiger partial charge in [-0.2, -0.15) is 0 Å². The fourth-order valence-corrected chi connectivity index (χ4v) is 1.48. The van der Waals surface area contributed by atoms with Crippen LogP contribution in [0.3, 0.4) is 0 Å². The maximum absolute atomic E-state index is 11.3. The zero-order valence-electron chi connectivity index (χ0n) is 8.51. The highest BCUT2D eigenvalue weighted by molar-refractivity contribution is 5.96. The highest BCUT2D eigenvalue weighted by Gasteiger charge is 2.22. The number of hydrogen-bond acceptors (Lipinski definition) is 4. The van der Waals surface area contributed by atoms with E-state index in [0.29, 0.717) is 5.56 Å². The van der Waals surface area contributed by atoms with Gasteiger partial charge in [0.05, 0.1) is 5.92 Å². The van der Waals surface area contributed by atoms with Crippen LogP contribution in [0.5, 0.6) is 0 Å². The molecule has 1 rings (SSSR count). The Bertz CT molecular complexity index is 406. The molecule has 1 aromatic rings. The molecule has 16 heavy (non-hydrogen) atoms. The van der Waals surface area contributed by atoms with Crippen LogP contribution in [0.1, 0.15) is 21.8 Å². The van der Waals surface area contributed by atoms with Crippen LogP contribution in [0, 0.1) is 0 Å². The lowest BCUT2D eigenvalue weighted by molar-refractivity contribution is -0.130. The van der Waals surface area contributed by atoms with Crippen molar-refractivity contribution in [3.8, 4) is 0 Å². The molecular formula is C10H13N3O3. The van der Waals surface area contributed by atoms with Crippen molar-refractivity contribution in [2.24, 2.45) is 11.5 Å². The number of amides is 2. The predicted molar refractivity (Wildman–Crippen MR) is 56.7 cm³/mol. The van der Waals surface area contributed by atoms with Crippen molar-refractivity contribution < 1.29 is 14.8 Å². The van der Waals surface area contributed by atoms with E-state index in [1.807, 2.05) is 0 Å². The van der Waals surface area contributed by atoms with Gasteiger partial charge in [0.25, 0.3) is 5.91 Å². The summed E-state index contributed by atoms with van der Waals surface area (Å²) in [5.41, 5.74) is 12.7. The third-order valence-electron chi connectivity index (χ3n) is 2.26. The summed E-state index contributed by atoms with van der Waals surface area (Å²) in [7, 11) is 0. The molecule has 0 aromatic heterocycles. The Morgan fingerprint density at radius 3 is 2.50 bits per heavy atom. The first-order valence-electron chi connectivity index (χ1n) is 4.64. The molecule has 86 valence electrons. The number of carbonyl (C=O) groups is 2. The number of hydrogen-bond donors (Lipinski definition) is 4. The molecule has 0 spiro atoms. The summed E-state index contributed by atoms with van der Waals surface area (Å²) < 4.78 is 0. The van der Waals surface area contributed by atoms with E-state index < -0.39 is 17.7 Å². The number of primary amides is 1. The van der Waals surface area contributed by atoms with Gasteiger partial charge in [-0.3, -0.25) is 14.8 Å². The Morgan fingerprint density at radius 1 is 1.38 bits per heavy atom. The number of nitrogens with one attached hydrogen (secondary N) is 1. The first kappa shape index (κ1) is 12.2. The fraction of sp³-hybridized carbons (Fsp3) is 0.200. The zero-order valence-corrected chi connectivity index (χ0v) is 8.51. The van der Waals surface area contributed by atoms with E-state index in [4.69, 9.17) is 16.7 Å². The minimum absolute atomic E-state index is 0.0311. The highest BCUT2D eigenvalue weighted by Crippen LogP contribution is 2.19. The fourth-order valence-electron chi connectivity index (χ4n) is 1.48. The molecule has 1 atom stereocenters. The van der Waals surface area contributed by atoms with Gasteiger partial charge >= 0.3 is 0 Å². The minimum Gasteiger partial charge on any atom is -0.366 e. The summed E-state index contributed by atoms with van der Waals surface area (Å²) >= 11 is 0. The van der Waals surface area contributed by atoms with E-state index in [1.54, 1.807) is 18.2 Å². The third-order valence-corrected chi connectivity index (χ3v) is 2.26. The second-order valence-corrected chi connectivity index (χ2v) is 3.22. The lowest BCUT2D eigenvalue weighted by Crippen LogP contribution is -2.32. The second kappa shape index (κ2) is 5.24. The smallest absolute Gasteiger partial charge is 0.252 e. The first-order valence-corrected chi connectivity index (χ1v) is 4.64. The molecule has 0 radical (unpaired) electrons. The number of benzene rings is 1. The van der Waals surface area contributed by atoms with E-state index >= 15 is 0 Å². The maximum Gasteiger partial charge on any atom is 0.252 e. The van der Waals surface area contributed by atoms with Crippen LogP contribution in [-0.4, -0.2) is 23.6 Å². The molecule has 2 amide bonds. The summed E-state index contributed by atoms with van der Waals surface area (Å²) in [5, 5.41) is 8.56. The van der Waals surface area contributed by atoms with Crippen molar-refractivity contribution in [3.05, 3.63) is 35.4 Å². The molecule has 6 nitrogen and oxygen atoms in total. The van der Waals surface area contributed by atoms with Gasteiger partial charge in [0.15, 0.2) is 0 Å². The average molecular weight is 223 g/mol. The molecule has 6 N–H and O–H groups in total. The Morgan fingerprint density at radius 2 is 2.00 bits per heavy atom. The molecule has 0 aliphatic rings. The van der Waals surface area contributed by atoms with Gasteiger partial charge < -0.3 is 11.5 Å². The second-order valence-electron chi connectivity index (χ2n) is 3.22. The van der Waals surface area contributed by atoms with Crippen molar-refractivity contribution in [2.45, 2.75) is 5.92 Å². The molecule has 0 fully saturated rings. The van der Waals surface area contributed by atoms with Gasteiger partial charge in [0.1, 0.15) is 0 Å². The third kappa shape index (κ3) is 2.36. The molecule has 0 bridgehead atoms. The summed E-state index contributed by atoms with van der Waals surface area (Å²) in [6, 6.07) is 6.38. The molecule has 1 aromatic carbocycles. The van der Waals surface area contributed by atoms with Crippen LogP contribution < -0.4 is 16.9 Å². The zero-order chi connectivity index (χ0) is 12.1. The number of rotatable bonds is 4. The molecule has 0 heterocycles. The highest BCUT2D eigenvalue weighted by atomic mass is 16.5. The molecular weight excluding hydrogens is 210 g/mol. The summed E-state index contributed by atoms with van der Waals surface area (Å²) in [6.07, 6.45) is 0. The molecule has 0 saturated heterocycles. The SMILES string of the molecule is NC[C@@H](C(=O)NO)c1ccccc1C(N)=O. The van der Waals surface area contributed by atoms with Crippen LogP contribution in [-0.2, 0) is 4.79 Å². The Balaban J connectivity index is 3.19. The molecule has 0 aliphatic carbocycles. The number of carbonyl (C=O) groups excluding carboxylic acids is 2. The quantitative estimate of drug-likeness (QED) is 0.400. The van der Waals surface area contributed by atoms with Gasteiger partial charge in [-0.1, -0.05) is 18.2 Å². The lowest BCUT2D eigenvalue weighted by atomic mass is 9.93. The van der Waals surface area contributed by atoms with E-state index in [2.05, 4.69) is 0 Å². The molecule has 0 saturated carbocycles. The van der Waals surface area contributed by atoms with Crippen molar-refractivity contribution >= 4 is 11.8 Å². The van der Waals surface area contributed by atoms with Gasteiger partial charge in [0.2, 0.25) is 5.91 Å². The van der Waals surface area contributed by atoms with Crippen molar-refractivity contribution in [2.75, 3.05) is 6.54 Å². The normalized spacial score (nSPS) is 11.9. The summed E-state index contributed by atoms with van der Waals surface area (Å²) in [5.74, 6) is -2.11. The van der Waals surface area contributed by atoms with Gasteiger partial charge in [0, 0.05) is 12.1 Å². The Kier molecular flexibility index (Phi) is 3.98. The predicted octanol–water partition coefficient (Wildman–Crippen LogP) is -0.667. The lowest BCUT2D eigenvalue weighted by Gasteiger charge is -2.15. The standard InChI is InChI=1S/C10H13N3O3/c11-5-8(10(15)13-16)6-3-1-2-4-7(6)9(12)14/h1-4,8,16H,5,11H2,(H2,12,14)(H,13,15)/t8-/m1/s1. The Labute approximate surface area is 92.2 Å². The number of nitrogens with two attached hydrogens (primary N) is 2. The van der Waals surface area contributed by atoms with Crippen molar-refractivity contribution in [3.63, 3.8) is 0 Å². The molecule has 6 heteroatoms. The van der Waals surface area contributed by atoms with E-state index in [-0.39, 0.29) is 12.1 Å². The topological polar surface area (TPSA) is 118 Å². The van der Waals surface area contributed by atoms with Crippen LogP contribution in [0.15, 0.2) is 24.3 Å². The summed E-state index contributed by atoms with van der Waals surface area (Å²) in [4.78, 5) is 22.5. The van der Waals surface area contributed by atoms with E-state index in [1.165, 1.54) is 11.5 Å². The molecule has 0 unspecified atom stereocenters. The van der Waals surface area contributed by atoms with Crippen molar-refractivity contribution in [1.29, 1.82) is 0 Å². The Hall–Kier alpha value is -1.92. The maximum atomic E-state index is 11.3. The number of hydroxylamine groups is 1. The van der Waals surface area contributed by atoms with Crippen molar-refractivity contribution in [1.82, 2.24) is 5.48 Å². The van der Waals surface area contributed by atoms with E-state index in [0.717, 1.165) is 0 Å². The molecule has 0 aliphatic heterocycles. The van der Waals surface area contributed by atoms with Crippen LogP contribution in [0.25, 0.3) is 0 Å². The minimum atomic E-state index is -0.798. The van der Waals surface area contributed by atoms with Gasteiger partial charge in [-0.15, -0.1) is 0 Å². The van der Waals surface area contributed by atoms with Crippen LogP contribution in [0.4, 0.5) is 0 Å². The van der Waals surface area contributed by atoms with Crippen LogP contribution >= 0.6 is 0 Å². The van der Waals surface area contributed by atoms with Gasteiger partial charge in [-0.25, -0.2) is 5.48 Å².